The molecule has 0 spiro atoms. The molecule has 1 fully saturated rings. The number of amides is 2. The molecule has 0 saturated carbocycles. The van der Waals surface area contributed by atoms with Crippen LogP contribution in [0, 0.1) is 10.1 Å². The average molecular weight is 691 g/mol. The third kappa shape index (κ3) is 8.95. The number of benzene rings is 2. The van der Waals surface area contributed by atoms with Crippen LogP contribution in [0.2, 0.25) is 0 Å². The van der Waals surface area contributed by atoms with Crippen molar-refractivity contribution in [1.29, 1.82) is 0 Å². The molecule has 1 saturated heterocycles. The number of nitrogens with two attached hydrogens (primary N) is 1. The maximum atomic E-state index is 14.1. The van der Waals surface area contributed by atoms with E-state index in [1.807, 2.05) is 51.1 Å². The van der Waals surface area contributed by atoms with Gasteiger partial charge in [0.15, 0.2) is 0 Å². The fourth-order valence-corrected chi connectivity index (χ4v) is 6.77. The predicted octanol–water partition coefficient (Wildman–Crippen LogP) is 3.41. The number of rotatable bonds is 17. The summed E-state index contributed by atoms with van der Waals surface area (Å²) in [6.07, 6.45) is 2.41. The molecule has 4 rings (SSSR count). The van der Waals surface area contributed by atoms with Gasteiger partial charge >= 0.3 is 5.97 Å². The van der Waals surface area contributed by atoms with E-state index in [4.69, 9.17) is 15.2 Å². The van der Waals surface area contributed by atoms with E-state index in [1.54, 1.807) is 12.1 Å². The summed E-state index contributed by atoms with van der Waals surface area (Å²) >= 11 is 0. The van der Waals surface area contributed by atoms with Gasteiger partial charge in [0.2, 0.25) is 11.8 Å². The predicted molar refractivity (Wildman–Crippen MR) is 190 cm³/mol. The molecule has 0 aromatic heterocycles. The maximum absolute atomic E-state index is 14.1. The summed E-state index contributed by atoms with van der Waals surface area (Å²) in [5.74, 6) is -1.68. The molecule has 1 unspecified atom stereocenters. The standard InChI is InChI=1S/C37H50N6O7/c1-4-29-32(34(44)39-5-2)31(26-13-15-28(16-14-26)43(47)48)33(30(41-29)25-49-24-19-38)35(45)40-20-10-21-42-22-17-37(18-23-42,36(46)50-6-3)27-11-8-7-9-12-27/h7-9,11-16,31,41H,4-6,10,17-25,38H2,1-3H3,(H,39,44)(H,40,45). The summed E-state index contributed by atoms with van der Waals surface area (Å²) in [5.41, 5.74) is 8.30. The lowest BCUT2D eigenvalue weighted by atomic mass is 9.72. The number of hydrogen-bond donors (Lipinski definition) is 4. The lowest BCUT2D eigenvalue weighted by Gasteiger charge is -2.40. The first-order valence-electron chi connectivity index (χ1n) is 17.5. The molecule has 2 heterocycles. The van der Waals surface area contributed by atoms with Crippen LogP contribution in [0.4, 0.5) is 5.69 Å². The Morgan fingerprint density at radius 2 is 1.64 bits per heavy atom. The Morgan fingerprint density at radius 3 is 2.24 bits per heavy atom. The number of carbonyl (C=O) groups excluding carboxylic acids is 3. The summed E-state index contributed by atoms with van der Waals surface area (Å²) in [5, 5.41) is 20.7. The molecule has 13 heteroatoms. The maximum Gasteiger partial charge on any atom is 0.316 e. The Morgan fingerprint density at radius 1 is 0.980 bits per heavy atom. The third-order valence-corrected chi connectivity index (χ3v) is 9.29. The van der Waals surface area contributed by atoms with Gasteiger partial charge in [0.1, 0.15) is 0 Å². The number of piperidine rings is 1. The van der Waals surface area contributed by atoms with Crippen LogP contribution in [0.25, 0.3) is 0 Å². The minimum atomic E-state index is -0.800. The smallest absolute Gasteiger partial charge is 0.316 e. The van der Waals surface area contributed by atoms with Crippen molar-refractivity contribution in [2.45, 2.75) is 57.8 Å². The highest BCUT2D eigenvalue weighted by Gasteiger charge is 2.44. The molecular formula is C37H50N6O7. The first-order chi connectivity index (χ1) is 24.2. The number of hydrogen-bond acceptors (Lipinski definition) is 10. The van der Waals surface area contributed by atoms with Crippen molar-refractivity contribution in [3.8, 4) is 0 Å². The van der Waals surface area contributed by atoms with Crippen molar-refractivity contribution in [1.82, 2.24) is 20.9 Å². The van der Waals surface area contributed by atoms with Crippen molar-refractivity contribution in [3.63, 3.8) is 0 Å². The van der Waals surface area contributed by atoms with E-state index < -0.39 is 16.3 Å². The number of dihydropyridines is 1. The summed E-state index contributed by atoms with van der Waals surface area (Å²) in [7, 11) is 0. The first-order valence-corrected chi connectivity index (χ1v) is 17.5. The van der Waals surface area contributed by atoms with E-state index in [-0.39, 0.29) is 36.7 Å². The minimum absolute atomic E-state index is 0.0625. The second-order valence-corrected chi connectivity index (χ2v) is 12.4. The molecule has 2 aromatic rings. The monoisotopic (exact) mass is 690 g/mol. The van der Waals surface area contributed by atoms with Gasteiger partial charge in [-0.05, 0) is 70.3 Å². The molecule has 13 nitrogen and oxygen atoms in total. The molecular weight excluding hydrogens is 640 g/mol. The van der Waals surface area contributed by atoms with Gasteiger partial charge in [-0.15, -0.1) is 0 Å². The van der Waals surface area contributed by atoms with Crippen molar-refractivity contribution in [2.24, 2.45) is 5.73 Å². The fraction of sp³-hybridized carbons (Fsp3) is 0.486. The van der Waals surface area contributed by atoms with E-state index in [0.29, 0.717) is 99.7 Å². The van der Waals surface area contributed by atoms with Crippen molar-refractivity contribution in [3.05, 3.63) is 98.4 Å². The van der Waals surface area contributed by atoms with Crippen LogP contribution in [0.15, 0.2) is 77.1 Å². The van der Waals surface area contributed by atoms with E-state index in [9.17, 15) is 24.5 Å². The molecule has 0 bridgehead atoms. The van der Waals surface area contributed by atoms with E-state index in [0.717, 1.165) is 5.56 Å². The molecule has 2 aliphatic rings. The molecule has 50 heavy (non-hydrogen) atoms. The number of non-ortho nitro benzene ring substituents is 1. The topological polar surface area (TPSA) is 178 Å². The van der Waals surface area contributed by atoms with Gasteiger partial charge in [-0.1, -0.05) is 49.4 Å². The SMILES string of the molecule is CCNC(=O)C1=C(CC)NC(COCCN)=C(C(=O)NCCCN2CCC(C(=O)OCC)(c3ccccc3)CC2)C1c1ccc([N+](=O)[O-])cc1. The molecule has 2 aliphatic heterocycles. The Hall–Kier alpha value is -4.59. The minimum Gasteiger partial charge on any atom is -0.465 e. The molecule has 5 N–H and O–H groups in total. The molecule has 0 radical (unpaired) electrons. The zero-order valence-electron chi connectivity index (χ0n) is 29.3. The van der Waals surface area contributed by atoms with Crippen LogP contribution in [-0.4, -0.2) is 86.7 Å². The highest BCUT2D eigenvalue weighted by atomic mass is 16.6. The zero-order chi connectivity index (χ0) is 36.1. The average Bonchev–Trinajstić information content (AvgIpc) is 3.13. The summed E-state index contributed by atoms with van der Waals surface area (Å²) in [6.45, 7) is 9.39. The van der Waals surface area contributed by atoms with E-state index in [1.165, 1.54) is 12.1 Å². The van der Waals surface area contributed by atoms with Crippen molar-refractivity contribution >= 4 is 23.5 Å². The van der Waals surface area contributed by atoms with Crippen LogP contribution in [0.1, 0.15) is 63.5 Å². The van der Waals surface area contributed by atoms with Gasteiger partial charge in [0.05, 0.1) is 41.4 Å². The van der Waals surface area contributed by atoms with Gasteiger partial charge in [-0.3, -0.25) is 24.5 Å². The second-order valence-electron chi connectivity index (χ2n) is 12.4. The van der Waals surface area contributed by atoms with Gasteiger partial charge in [-0.25, -0.2) is 0 Å². The summed E-state index contributed by atoms with van der Waals surface area (Å²) in [4.78, 5) is 54.1. The molecule has 0 aliphatic carbocycles. The number of esters is 1. The number of nitrogens with zero attached hydrogens (tertiary/aromatic N) is 2. The zero-order valence-corrected chi connectivity index (χ0v) is 29.3. The number of carbonyl (C=O) groups is 3. The Labute approximate surface area is 293 Å². The van der Waals surface area contributed by atoms with E-state index in [2.05, 4.69) is 20.9 Å². The number of nitro groups is 1. The third-order valence-electron chi connectivity index (χ3n) is 9.29. The van der Waals surface area contributed by atoms with Gasteiger partial charge < -0.3 is 36.1 Å². The lowest BCUT2D eigenvalue weighted by Crippen LogP contribution is -2.48. The first kappa shape index (κ1) is 38.2. The number of nitrogens with one attached hydrogen (secondary N) is 3. The van der Waals surface area contributed by atoms with Crippen molar-refractivity contribution in [2.75, 3.05) is 59.1 Å². The van der Waals surface area contributed by atoms with E-state index >= 15 is 0 Å². The number of nitro benzene ring substituents is 1. The van der Waals surface area contributed by atoms with Crippen molar-refractivity contribution < 1.29 is 28.8 Å². The molecule has 2 aromatic carbocycles. The summed E-state index contributed by atoms with van der Waals surface area (Å²) < 4.78 is 11.3. The van der Waals surface area contributed by atoms with Crippen LogP contribution in [0.3, 0.4) is 0 Å². The molecule has 270 valence electrons. The number of likely N-dealkylation sites (tertiary alicyclic amines) is 1. The number of allylic oxidation sites excluding steroid dienone is 1. The second kappa shape index (κ2) is 18.4. The van der Waals surface area contributed by atoms with Gasteiger partial charge in [0, 0.05) is 49.0 Å². The Balaban J connectivity index is 1.52. The van der Waals surface area contributed by atoms with Gasteiger partial charge in [-0.2, -0.15) is 0 Å². The van der Waals surface area contributed by atoms with Crippen LogP contribution >= 0.6 is 0 Å². The van der Waals surface area contributed by atoms with Gasteiger partial charge in [0.25, 0.3) is 5.69 Å². The highest BCUT2D eigenvalue weighted by molar-refractivity contribution is 6.04. The molecule has 1 atom stereocenters. The lowest BCUT2D eigenvalue weighted by molar-refractivity contribution is -0.384. The highest BCUT2D eigenvalue weighted by Crippen LogP contribution is 2.40. The Bertz CT molecular complexity index is 1550. The largest absolute Gasteiger partial charge is 0.465 e. The van der Waals surface area contributed by atoms with Crippen LogP contribution in [-0.2, 0) is 29.3 Å². The number of ether oxygens (including phenoxy) is 2. The van der Waals surface area contributed by atoms with Crippen LogP contribution in [0.5, 0.6) is 0 Å². The van der Waals surface area contributed by atoms with Crippen LogP contribution < -0.4 is 21.7 Å². The fourth-order valence-electron chi connectivity index (χ4n) is 6.77. The summed E-state index contributed by atoms with van der Waals surface area (Å²) in [6, 6.07) is 15.8. The molecule has 2 amide bonds. The Kier molecular flexibility index (Phi) is 14.1. The number of likely N-dealkylation sites (N-methyl/N-ethyl adjacent to an activating group) is 1. The normalized spacial score (nSPS) is 17.6. The quantitative estimate of drug-likeness (QED) is 0.0832.